The van der Waals surface area contributed by atoms with Gasteiger partial charge in [-0.1, -0.05) is 13.8 Å². The third-order valence-corrected chi connectivity index (χ3v) is 4.70. The molecule has 0 fully saturated rings. The van der Waals surface area contributed by atoms with E-state index >= 15 is 0 Å². The van der Waals surface area contributed by atoms with E-state index in [2.05, 4.69) is 5.32 Å². The van der Waals surface area contributed by atoms with Gasteiger partial charge in [-0.15, -0.1) is 0 Å². The summed E-state index contributed by atoms with van der Waals surface area (Å²) in [5.41, 5.74) is 6.70. The van der Waals surface area contributed by atoms with Gasteiger partial charge in [-0.25, -0.2) is 0 Å². The Bertz CT molecular complexity index is 645. The van der Waals surface area contributed by atoms with Crippen molar-refractivity contribution in [3.05, 3.63) is 23.8 Å². The number of rotatable bonds is 7. The zero-order valence-corrected chi connectivity index (χ0v) is 15.6. The Hall–Kier alpha value is -2.08. The van der Waals surface area contributed by atoms with Crippen molar-refractivity contribution >= 4 is 17.5 Å². The molecule has 2 rings (SSSR count). The molecule has 0 spiro atoms. The maximum atomic E-state index is 12.8. The lowest BCUT2D eigenvalue weighted by Gasteiger charge is -2.33. The molecule has 0 bridgehead atoms. The van der Waals surface area contributed by atoms with Crippen molar-refractivity contribution in [3.63, 3.8) is 0 Å². The smallest absolute Gasteiger partial charge is 0.240 e. The first-order valence-electron chi connectivity index (χ1n) is 8.79. The summed E-state index contributed by atoms with van der Waals surface area (Å²) in [5, 5.41) is 3.09. The van der Waals surface area contributed by atoms with Crippen molar-refractivity contribution < 1.29 is 14.3 Å². The summed E-state index contributed by atoms with van der Waals surface area (Å²) in [6.45, 7) is 6.57. The van der Waals surface area contributed by atoms with Crippen molar-refractivity contribution in [2.45, 2.75) is 45.6 Å². The summed E-state index contributed by atoms with van der Waals surface area (Å²) in [7, 11) is 1.64. The van der Waals surface area contributed by atoms with Crippen LogP contribution >= 0.6 is 0 Å². The summed E-state index contributed by atoms with van der Waals surface area (Å²) in [6.07, 6.45) is 2.42. The number of anilines is 1. The Morgan fingerprint density at radius 2 is 2.12 bits per heavy atom. The molecular formula is C19H29N3O3. The molecule has 6 nitrogen and oxygen atoms in total. The van der Waals surface area contributed by atoms with Crippen molar-refractivity contribution in [2.75, 3.05) is 25.1 Å². The molecule has 6 heteroatoms. The Labute approximate surface area is 149 Å². The molecule has 1 heterocycles. The van der Waals surface area contributed by atoms with E-state index in [1.54, 1.807) is 18.9 Å². The average molecular weight is 347 g/mol. The summed E-state index contributed by atoms with van der Waals surface area (Å²) in [4.78, 5) is 26.4. The van der Waals surface area contributed by atoms with Crippen LogP contribution in [-0.2, 0) is 16.0 Å². The lowest BCUT2D eigenvalue weighted by atomic mass is 9.90. The minimum absolute atomic E-state index is 0.0534. The van der Waals surface area contributed by atoms with E-state index in [0.717, 1.165) is 29.8 Å². The number of primary amides is 1. The molecule has 1 aromatic rings. The van der Waals surface area contributed by atoms with Crippen LogP contribution in [0.5, 0.6) is 5.75 Å². The van der Waals surface area contributed by atoms with Gasteiger partial charge in [0.2, 0.25) is 11.8 Å². The highest BCUT2D eigenvalue weighted by Crippen LogP contribution is 2.30. The lowest BCUT2D eigenvalue weighted by molar-refractivity contribution is -0.125. The second-order valence-electron chi connectivity index (χ2n) is 7.29. The van der Waals surface area contributed by atoms with Gasteiger partial charge in [0.1, 0.15) is 5.75 Å². The number of aryl methyl sites for hydroxylation is 1. The monoisotopic (exact) mass is 347 g/mol. The molecule has 0 aliphatic carbocycles. The highest BCUT2D eigenvalue weighted by Gasteiger charge is 2.33. The van der Waals surface area contributed by atoms with Gasteiger partial charge < -0.3 is 15.4 Å². The highest BCUT2D eigenvalue weighted by molar-refractivity contribution is 5.96. The second kappa shape index (κ2) is 7.87. The number of hydrogen-bond donors (Lipinski definition) is 2. The number of amides is 2. The maximum Gasteiger partial charge on any atom is 0.240 e. The van der Waals surface area contributed by atoms with Gasteiger partial charge in [-0.2, -0.15) is 0 Å². The van der Waals surface area contributed by atoms with E-state index in [1.165, 1.54) is 0 Å². The fraction of sp³-hybridized carbons (Fsp3) is 0.579. The maximum absolute atomic E-state index is 12.8. The largest absolute Gasteiger partial charge is 0.497 e. The van der Waals surface area contributed by atoms with Gasteiger partial charge in [0, 0.05) is 12.2 Å². The first kappa shape index (κ1) is 19.2. The molecule has 1 aliphatic heterocycles. The first-order chi connectivity index (χ1) is 11.8. The Kier molecular flexibility index (Phi) is 6.06. The van der Waals surface area contributed by atoms with Gasteiger partial charge in [-0.05, 0) is 55.9 Å². The van der Waals surface area contributed by atoms with E-state index in [-0.39, 0.29) is 12.5 Å². The van der Waals surface area contributed by atoms with E-state index in [9.17, 15) is 9.59 Å². The molecular weight excluding hydrogens is 318 g/mol. The molecule has 1 aromatic carbocycles. The van der Waals surface area contributed by atoms with Gasteiger partial charge in [0.15, 0.2) is 0 Å². The van der Waals surface area contributed by atoms with E-state index in [4.69, 9.17) is 10.5 Å². The number of nitrogens with two attached hydrogens (primary N) is 1. The van der Waals surface area contributed by atoms with Crippen molar-refractivity contribution in [2.24, 2.45) is 11.7 Å². The van der Waals surface area contributed by atoms with Crippen LogP contribution in [0.3, 0.4) is 0 Å². The molecule has 2 amide bonds. The summed E-state index contributed by atoms with van der Waals surface area (Å²) < 4.78 is 5.26. The Morgan fingerprint density at radius 1 is 1.40 bits per heavy atom. The van der Waals surface area contributed by atoms with Gasteiger partial charge in [0.25, 0.3) is 0 Å². The topological polar surface area (TPSA) is 84.7 Å². The van der Waals surface area contributed by atoms with Crippen LogP contribution in [0.25, 0.3) is 0 Å². The highest BCUT2D eigenvalue weighted by atomic mass is 16.5. The second-order valence-corrected chi connectivity index (χ2v) is 7.29. The summed E-state index contributed by atoms with van der Waals surface area (Å²) in [6, 6.07) is 5.77. The number of nitrogens with one attached hydrogen (secondary N) is 1. The Balaban J connectivity index is 2.10. The third-order valence-electron chi connectivity index (χ3n) is 4.70. The van der Waals surface area contributed by atoms with E-state index < -0.39 is 11.4 Å². The lowest BCUT2D eigenvalue weighted by Crippen LogP contribution is -2.56. The van der Waals surface area contributed by atoms with Gasteiger partial charge >= 0.3 is 0 Å². The van der Waals surface area contributed by atoms with Crippen LogP contribution in [0, 0.1) is 5.92 Å². The number of ether oxygens (including phenoxy) is 1. The number of nitrogens with zero attached hydrogens (tertiary/aromatic N) is 1. The molecule has 1 atom stereocenters. The first-order valence-corrected chi connectivity index (χ1v) is 8.79. The zero-order valence-electron chi connectivity index (χ0n) is 15.6. The molecule has 0 aromatic heterocycles. The normalized spacial score (nSPS) is 16.3. The van der Waals surface area contributed by atoms with Crippen LogP contribution in [-0.4, -0.2) is 37.6 Å². The average Bonchev–Trinajstić information content (AvgIpc) is 2.57. The molecule has 0 saturated heterocycles. The SMILES string of the molecule is COc1ccc2c(c1)CCCN2C(=O)CN[C@@](C)(CC(C)C)C(N)=O. The van der Waals surface area contributed by atoms with Crippen LogP contribution in [0.2, 0.25) is 0 Å². The van der Waals surface area contributed by atoms with E-state index in [1.807, 2.05) is 32.0 Å². The standard InChI is InChI=1S/C19H29N3O3/c1-13(2)11-19(3,18(20)24)21-12-17(23)22-9-5-6-14-10-15(25-4)7-8-16(14)22/h7-8,10,13,21H,5-6,9,11-12H2,1-4H3,(H2,20,24)/t19-/m0/s1. The zero-order chi connectivity index (χ0) is 18.6. The number of carbonyl (C=O) groups is 2. The summed E-state index contributed by atoms with van der Waals surface area (Å²) >= 11 is 0. The molecule has 138 valence electrons. The van der Waals surface area contributed by atoms with Gasteiger partial charge in [-0.3, -0.25) is 14.9 Å². The molecule has 0 radical (unpaired) electrons. The number of hydrogen-bond acceptors (Lipinski definition) is 4. The van der Waals surface area contributed by atoms with Crippen LogP contribution in [0.1, 0.15) is 39.2 Å². The number of fused-ring (bicyclic) bond motifs is 1. The number of carbonyl (C=O) groups excluding carboxylic acids is 2. The van der Waals surface area contributed by atoms with Crippen LogP contribution in [0.15, 0.2) is 18.2 Å². The molecule has 1 aliphatic rings. The van der Waals surface area contributed by atoms with Gasteiger partial charge in [0.05, 0.1) is 19.2 Å². The fourth-order valence-corrected chi connectivity index (χ4v) is 3.40. The minimum atomic E-state index is -0.887. The third kappa shape index (κ3) is 4.51. The number of methoxy groups -OCH3 is 1. The summed E-state index contributed by atoms with van der Waals surface area (Å²) in [5.74, 6) is 0.604. The predicted octanol–water partition coefficient (Wildman–Crippen LogP) is 1.85. The number of benzene rings is 1. The fourth-order valence-electron chi connectivity index (χ4n) is 3.40. The molecule has 25 heavy (non-hydrogen) atoms. The minimum Gasteiger partial charge on any atom is -0.497 e. The van der Waals surface area contributed by atoms with Crippen LogP contribution in [0.4, 0.5) is 5.69 Å². The molecule has 0 saturated carbocycles. The Morgan fingerprint density at radius 3 is 2.72 bits per heavy atom. The van der Waals surface area contributed by atoms with Crippen LogP contribution < -0.4 is 20.7 Å². The molecule has 3 N–H and O–H groups in total. The molecule has 0 unspecified atom stereocenters. The van der Waals surface area contributed by atoms with E-state index in [0.29, 0.717) is 18.9 Å². The quantitative estimate of drug-likeness (QED) is 0.788. The van der Waals surface area contributed by atoms with Crippen molar-refractivity contribution in [1.29, 1.82) is 0 Å². The van der Waals surface area contributed by atoms with Crippen molar-refractivity contribution in [1.82, 2.24) is 5.32 Å². The van der Waals surface area contributed by atoms with Crippen molar-refractivity contribution in [3.8, 4) is 5.75 Å². The predicted molar refractivity (Wildman–Crippen MR) is 98.7 cm³/mol.